The number of ether oxygens (including phenoxy) is 8. The van der Waals surface area contributed by atoms with E-state index in [0.29, 0.717) is 10.8 Å². The molecule has 2 saturated heterocycles. The molecule has 0 radical (unpaired) electrons. The fourth-order valence-electron chi connectivity index (χ4n) is 5.04. The van der Waals surface area contributed by atoms with Crippen molar-refractivity contribution in [3.05, 3.63) is 0 Å². The van der Waals surface area contributed by atoms with Crippen LogP contribution in [-0.4, -0.2) is 129 Å². The fraction of sp³-hybridized carbons (Fsp3) is 0.714. The molecule has 51 heavy (non-hydrogen) atoms. The SMILES string of the molecule is CC(=O)N[C@@H]1[C@@H](OC(C)=O)[C@H](OC(C)=O)[C@@H](COC(C)=O)O[C@@H]1SSS(=O)(=O)[C@H]1O[C@H](COC(C)=O)[C@@H](OC(C)=O)[C@H](OC(C)=O)[C@H]1NC(C)=O. The van der Waals surface area contributed by atoms with Crippen molar-refractivity contribution >= 4 is 77.1 Å². The lowest BCUT2D eigenvalue weighted by Crippen LogP contribution is -2.67. The maximum atomic E-state index is 14.1. The fourth-order valence-corrected chi connectivity index (χ4v) is 10.9. The van der Waals surface area contributed by atoms with Crippen molar-refractivity contribution in [2.45, 2.75) is 115 Å². The molecule has 2 rings (SSSR count). The first-order valence-corrected chi connectivity index (χ1v) is 19.3. The van der Waals surface area contributed by atoms with Crippen molar-refractivity contribution in [3.63, 3.8) is 0 Å². The van der Waals surface area contributed by atoms with Gasteiger partial charge in [-0.2, -0.15) is 0 Å². The molecule has 2 amide bonds. The Hall–Kier alpha value is -3.67. The van der Waals surface area contributed by atoms with Gasteiger partial charge in [-0.3, -0.25) is 38.4 Å². The summed E-state index contributed by atoms with van der Waals surface area (Å²) in [5.41, 5.74) is -3.52. The van der Waals surface area contributed by atoms with Crippen molar-refractivity contribution < 1.29 is 84.7 Å². The normalized spacial score (nSPS) is 28.9. The Kier molecular flexibility index (Phi) is 16.4. The average Bonchev–Trinajstić information content (AvgIpc) is 2.97. The van der Waals surface area contributed by atoms with E-state index < -0.39 is 129 Å². The predicted octanol–water partition coefficient (Wildman–Crippen LogP) is -0.990. The lowest BCUT2D eigenvalue weighted by molar-refractivity contribution is -0.212. The summed E-state index contributed by atoms with van der Waals surface area (Å²) in [4.78, 5) is 96.3. The average molecular weight is 789 g/mol. The lowest BCUT2D eigenvalue weighted by Gasteiger charge is -2.45. The summed E-state index contributed by atoms with van der Waals surface area (Å²) in [6.45, 7) is 7.12. The molecule has 0 aromatic heterocycles. The van der Waals surface area contributed by atoms with Crippen LogP contribution in [0.4, 0.5) is 0 Å². The van der Waals surface area contributed by atoms with Gasteiger partial charge < -0.3 is 48.5 Å². The van der Waals surface area contributed by atoms with Crippen molar-refractivity contribution in [1.82, 2.24) is 10.6 Å². The quantitative estimate of drug-likeness (QED) is 0.121. The maximum Gasteiger partial charge on any atom is 0.303 e. The van der Waals surface area contributed by atoms with Gasteiger partial charge in [-0.25, -0.2) is 8.42 Å². The standard InChI is InChI=1S/C28H40N2O18S3/c1-11(31)29-21-25(45-17(7)37)23(43-15(5)35)19(9-41-13(3)33)47-27(21)49-50-51(39,40)28-22(30-12(2)32)26(46-18(8)38)24(44-16(6)36)20(48-28)10-42-14(4)34/h19-28H,9-10H2,1-8H3,(H,29,31)(H,30,32)/t19-,20-,21-,22-,23-,24-,25-,26-,27-,28-/m1/s1. The molecule has 0 aromatic rings. The first-order chi connectivity index (χ1) is 23.6. The van der Waals surface area contributed by atoms with Crippen LogP contribution >= 0.6 is 20.6 Å². The predicted molar refractivity (Wildman–Crippen MR) is 172 cm³/mol. The molecule has 0 aromatic carbocycles. The zero-order valence-electron chi connectivity index (χ0n) is 28.8. The van der Waals surface area contributed by atoms with Gasteiger partial charge in [0.2, 0.25) is 20.7 Å². The number of nitrogens with one attached hydrogen (secondary N) is 2. The van der Waals surface area contributed by atoms with Crippen LogP contribution in [0.3, 0.4) is 0 Å². The van der Waals surface area contributed by atoms with Gasteiger partial charge in [-0.15, -0.1) is 0 Å². The second kappa shape index (κ2) is 19.2. The van der Waals surface area contributed by atoms with E-state index in [0.717, 1.165) is 55.4 Å². The number of carbonyl (C=O) groups is 8. The van der Waals surface area contributed by atoms with Crippen molar-refractivity contribution in [2.24, 2.45) is 0 Å². The van der Waals surface area contributed by atoms with Gasteiger partial charge in [-0.1, -0.05) is 0 Å². The van der Waals surface area contributed by atoms with Gasteiger partial charge in [0.1, 0.15) is 42.9 Å². The number of carbonyl (C=O) groups excluding carboxylic acids is 8. The highest BCUT2D eigenvalue weighted by atomic mass is 33.5. The van der Waals surface area contributed by atoms with Gasteiger partial charge >= 0.3 is 35.8 Å². The zero-order chi connectivity index (χ0) is 38.8. The highest BCUT2D eigenvalue weighted by Crippen LogP contribution is 2.44. The number of hydrogen-bond donors (Lipinski definition) is 2. The minimum atomic E-state index is -4.74. The highest BCUT2D eigenvalue weighted by Gasteiger charge is 2.56. The minimum absolute atomic E-state index is 0.103. The van der Waals surface area contributed by atoms with E-state index in [9.17, 15) is 46.8 Å². The van der Waals surface area contributed by atoms with Crippen LogP contribution in [0.5, 0.6) is 0 Å². The van der Waals surface area contributed by atoms with E-state index in [1.165, 1.54) is 0 Å². The van der Waals surface area contributed by atoms with Crippen LogP contribution in [0.1, 0.15) is 55.4 Å². The number of hydrogen-bond acceptors (Lipinski definition) is 20. The number of esters is 6. The highest BCUT2D eigenvalue weighted by molar-refractivity contribution is 9.07. The Morgan fingerprint density at radius 2 is 0.922 bits per heavy atom. The number of amides is 2. The Bertz CT molecular complexity index is 1460. The summed E-state index contributed by atoms with van der Waals surface area (Å²) in [5.74, 6) is -6.64. The Morgan fingerprint density at radius 3 is 1.31 bits per heavy atom. The molecule has 0 unspecified atom stereocenters. The Morgan fingerprint density at radius 1 is 0.549 bits per heavy atom. The van der Waals surface area contributed by atoms with Crippen molar-refractivity contribution in [3.8, 4) is 0 Å². The molecule has 0 saturated carbocycles. The molecular weight excluding hydrogens is 749 g/mol. The van der Waals surface area contributed by atoms with E-state index in [4.69, 9.17) is 37.9 Å². The Labute approximate surface area is 300 Å². The summed E-state index contributed by atoms with van der Waals surface area (Å²) < 4.78 is 71.5. The minimum Gasteiger partial charge on any atom is -0.463 e. The van der Waals surface area contributed by atoms with E-state index in [2.05, 4.69) is 10.6 Å². The van der Waals surface area contributed by atoms with Gasteiger partial charge in [0.15, 0.2) is 29.9 Å². The third kappa shape index (κ3) is 13.4. The Balaban J connectivity index is 2.61. The van der Waals surface area contributed by atoms with E-state index in [-0.39, 0.29) is 9.83 Å². The van der Waals surface area contributed by atoms with Gasteiger partial charge in [-0.05, 0) is 10.8 Å². The molecule has 0 aliphatic carbocycles. The van der Waals surface area contributed by atoms with E-state index in [1.54, 1.807) is 0 Å². The van der Waals surface area contributed by atoms with E-state index >= 15 is 0 Å². The lowest BCUT2D eigenvalue weighted by atomic mass is 9.97. The first kappa shape index (κ1) is 43.5. The second-order valence-corrected chi connectivity index (χ2v) is 16.9. The number of rotatable bonds is 14. The summed E-state index contributed by atoms with van der Waals surface area (Å²) >= 11 is 0. The molecule has 2 N–H and O–H groups in total. The summed E-state index contributed by atoms with van der Waals surface area (Å²) in [6, 6.07) is -3.09. The summed E-state index contributed by atoms with van der Waals surface area (Å²) in [7, 11) is -4.18. The smallest absolute Gasteiger partial charge is 0.303 e. The van der Waals surface area contributed by atoms with Crippen LogP contribution in [-0.2, 0) is 85.1 Å². The van der Waals surface area contributed by atoms with Gasteiger partial charge in [0.25, 0.3) is 0 Å². The molecule has 2 aliphatic heterocycles. The second-order valence-electron chi connectivity index (χ2n) is 11.1. The molecule has 10 atom stereocenters. The molecule has 20 nitrogen and oxygen atoms in total. The van der Waals surface area contributed by atoms with Crippen LogP contribution < -0.4 is 10.6 Å². The summed E-state index contributed by atoms with van der Waals surface area (Å²) in [6.07, 6.45) is -9.08. The molecule has 0 spiro atoms. The topological polar surface area (TPSA) is 269 Å². The van der Waals surface area contributed by atoms with Crippen LogP contribution in [0.15, 0.2) is 0 Å². The summed E-state index contributed by atoms with van der Waals surface area (Å²) in [5, 5.41) is 4.86. The van der Waals surface area contributed by atoms with Crippen LogP contribution in [0.2, 0.25) is 0 Å². The van der Waals surface area contributed by atoms with Gasteiger partial charge in [0.05, 0.1) is 0 Å². The van der Waals surface area contributed by atoms with E-state index in [1.807, 2.05) is 0 Å². The molecule has 2 fully saturated rings. The van der Waals surface area contributed by atoms with Crippen LogP contribution in [0.25, 0.3) is 0 Å². The largest absolute Gasteiger partial charge is 0.463 e. The third-order valence-electron chi connectivity index (χ3n) is 6.66. The molecule has 2 heterocycles. The third-order valence-corrected chi connectivity index (χ3v) is 12.8. The maximum absolute atomic E-state index is 14.1. The molecule has 288 valence electrons. The first-order valence-electron chi connectivity index (χ1n) is 15.0. The van der Waals surface area contributed by atoms with Crippen LogP contribution in [0, 0.1) is 0 Å². The molecule has 0 bridgehead atoms. The molecule has 2 aliphatic rings. The van der Waals surface area contributed by atoms with Crippen molar-refractivity contribution in [2.75, 3.05) is 13.2 Å². The monoisotopic (exact) mass is 788 g/mol. The van der Waals surface area contributed by atoms with Crippen molar-refractivity contribution in [1.29, 1.82) is 0 Å². The molecular formula is C28H40N2O18S3. The molecule has 23 heteroatoms. The van der Waals surface area contributed by atoms with Gasteiger partial charge in [0, 0.05) is 65.2 Å². The zero-order valence-corrected chi connectivity index (χ0v) is 31.2.